The average Bonchev–Trinajstić information content (AvgIpc) is 3.10. The van der Waals surface area contributed by atoms with Crippen molar-refractivity contribution in [3.05, 3.63) is 41.6 Å². The predicted molar refractivity (Wildman–Crippen MR) is 118 cm³/mol. The van der Waals surface area contributed by atoms with Crippen LogP contribution >= 0.6 is 0 Å². The lowest BCUT2D eigenvalue weighted by atomic mass is 9.80. The van der Waals surface area contributed by atoms with Gasteiger partial charge in [0.25, 0.3) is 0 Å². The molecule has 1 aromatic carbocycles. The minimum atomic E-state index is -0.239. The number of rotatable bonds is 3. The highest BCUT2D eigenvalue weighted by molar-refractivity contribution is 5.99. The summed E-state index contributed by atoms with van der Waals surface area (Å²) in [5.74, 6) is -0.357. The van der Waals surface area contributed by atoms with E-state index >= 15 is 0 Å². The molecule has 0 spiro atoms. The number of esters is 1. The highest BCUT2D eigenvalue weighted by Gasteiger charge is 2.37. The fourth-order valence-electron chi connectivity index (χ4n) is 5.57. The van der Waals surface area contributed by atoms with Gasteiger partial charge in [0.1, 0.15) is 6.10 Å². The van der Waals surface area contributed by atoms with Gasteiger partial charge >= 0.3 is 5.97 Å². The minimum absolute atomic E-state index is 0.0520. The lowest BCUT2D eigenvalue weighted by Crippen LogP contribution is -2.45. The van der Waals surface area contributed by atoms with Crippen LogP contribution in [0.3, 0.4) is 0 Å². The predicted octanol–water partition coefficient (Wildman–Crippen LogP) is 3.94. The summed E-state index contributed by atoms with van der Waals surface area (Å²) in [5.41, 5.74) is 5.22. The summed E-state index contributed by atoms with van der Waals surface area (Å²) >= 11 is 0. The summed E-state index contributed by atoms with van der Waals surface area (Å²) in [4.78, 5) is 15.3. The summed E-state index contributed by atoms with van der Waals surface area (Å²) < 4.78 is 8.23. The zero-order chi connectivity index (χ0) is 21.0. The number of carbonyl (C=O) groups excluding carboxylic acids is 1. The van der Waals surface area contributed by atoms with Crippen LogP contribution in [-0.2, 0) is 16.0 Å². The Balaban J connectivity index is 1.47. The largest absolute Gasteiger partial charge is 0.462 e. The van der Waals surface area contributed by atoms with Crippen molar-refractivity contribution in [2.75, 3.05) is 13.6 Å². The van der Waals surface area contributed by atoms with Crippen LogP contribution in [0.1, 0.15) is 56.7 Å². The molecular weight excluding hydrogens is 376 g/mol. The van der Waals surface area contributed by atoms with Crippen molar-refractivity contribution in [1.29, 1.82) is 0 Å². The van der Waals surface area contributed by atoms with Gasteiger partial charge in [-0.2, -0.15) is 0 Å². The Labute approximate surface area is 178 Å². The van der Waals surface area contributed by atoms with E-state index < -0.39 is 0 Å². The molecule has 5 heteroatoms. The van der Waals surface area contributed by atoms with Crippen LogP contribution in [0.25, 0.3) is 16.5 Å². The van der Waals surface area contributed by atoms with E-state index in [0.29, 0.717) is 18.6 Å². The first-order chi connectivity index (χ1) is 14.4. The van der Waals surface area contributed by atoms with Gasteiger partial charge in [0.2, 0.25) is 0 Å². The molecule has 2 aromatic rings. The molecule has 0 amide bonds. The van der Waals surface area contributed by atoms with Crippen LogP contribution in [0.2, 0.25) is 0 Å². The summed E-state index contributed by atoms with van der Waals surface area (Å²) in [6.07, 6.45) is 8.17. The van der Waals surface area contributed by atoms with Gasteiger partial charge in [-0.25, -0.2) is 0 Å². The van der Waals surface area contributed by atoms with Gasteiger partial charge in [-0.1, -0.05) is 18.2 Å². The number of fused-ring (bicyclic) bond motifs is 2. The molecule has 1 saturated carbocycles. The van der Waals surface area contributed by atoms with Crippen molar-refractivity contribution in [3.8, 4) is 0 Å². The minimum Gasteiger partial charge on any atom is -0.462 e. The summed E-state index contributed by atoms with van der Waals surface area (Å²) in [7, 11) is 2.12. The first kappa shape index (κ1) is 19.8. The summed E-state index contributed by atoms with van der Waals surface area (Å²) in [6.45, 7) is 5.14. The maximum Gasteiger partial charge on any atom is 0.314 e. The normalized spacial score (nSPS) is 29.0. The number of aliphatic hydroxyl groups is 1. The maximum atomic E-state index is 13.0. The van der Waals surface area contributed by atoms with Crippen molar-refractivity contribution in [3.63, 3.8) is 0 Å². The first-order valence-corrected chi connectivity index (χ1v) is 11.4. The number of benzene rings is 1. The van der Waals surface area contributed by atoms with E-state index in [4.69, 9.17) is 4.74 Å². The number of hydrogen-bond acceptors (Lipinski definition) is 4. The molecule has 1 fully saturated rings. The van der Waals surface area contributed by atoms with Crippen LogP contribution in [0, 0.1) is 5.92 Å². The third-order valence-corrected chi connectivity index (χ3v) is 7.20. The molecule has 1 aliphatic heterocycles. The lowest BCUT2D eigenvalue weighted by Gasteiger charge is -2.39. The number of aromatic nitrogens is 1. The molecule has 2 heterocycles. The molecule has 5 rings (SSSR count). The second-order valence-corrected chi connectivity index (χ2v) is 9.61. The molecule has 5 nitrogen and oxygen atoms in total. The van der Waals surface area contributed by atoms with Crippen molar-refractivity contribution in [2.24, 2.45) is 5.92 Å². The third kappa shape index (κ3) is 3.28. The monoisotopic (exact) mass is 408 g/mol. The lowest BCUT2D eigenvalue weighted by molar-refractivity contribution is -0.155. The van der Waals surface area contributed by atoms with Gasteiger partial charge in [0.05, 0.1) is 12.0 Å². The Morgan fingerprint density at radius 2 is 1.97 bits per heavy atom. The van der Waals surface area contributed by atoms with Gasteiger partial charge in [-0.05, 0) is 75.8 Å². The van der Waals surface area contributed by atoms with Crippen LogP contribution in [0.4, 0.5) is 0 Å². The van der Waals surface area contributed by atoms with Crippen LogP contribution in [0.15, 0.2) is 30.5 Å². The molecule has 30 heavy (non-hydrogen) atoms. The SMILES string of the molecule is CC(C)n1cc2c3c(cccc31)C1=C[C@@H](C(=O)OC3CCC(O)CC3)CN(C)[C@@H]1C2. The molecule has 0 saturated heterocycles. The molecule has 0 bridgehead atoms. The van der Waals surface area contributed by atoms with E-state index in [1.54, 1.807) is 0 Å². The van der Waals surface area contributed by atoms with Gasteiger partial charge in [-0.3, -0.25) is 9.69 Å². The highest BCUT2D eigenvalue weighted by atomic mass is 16.5. The number of likely N-dealkylation sites (N-methyl/N-ethyl adjacent to an activating group) is 1. The molecule has 2 aliphatic carbocycles. The maximum absolute atomic E-state index is 13.0. The smallest absolute Gasteiger partial charge is 0.314 e. The second-order valence-electron chi connectivity index (χ2n) is 9.61. The molecule has 2 atom stereocenters. The summed E-state index contributed by atoms with van der Waals surface area (Å²) in [6, 6.07) is 7.27. The first-order valence-electron chi connectivity index (χ1n) is 11.4. The fourth-order valence-corrected chi connectivity index (χ4v) is 5.57. The number of carbonyl (C=O) groups is 1. The fraction of sp³-hybridized carbons (Fsp3) is 0.560. The van der Waals surface area contributed by atoms with E-state index in [9.17, 15) is 9.90 Å². The quantitative estimate of drug-likeness (QED) is 0.782. The Hall–Kier alpha value is -2.11. The van der Waals surface area contributed by atoms with Crippen molar-refractivity contribution in [1.82, 2.24) is 9.47 Å². The Kier molecular flexibility index (Phi) is 4.98. The molecular formula is C25H32N2O3. The second kappa shape index (κ2) is 7.54. The Bertz CT molecular complexity index is 997. The highest BCUT2D eigenvalue weighted by Crippen LogP contribution is 2.42. The van der Waals surface area contributed by atoms with Gasteiger partial charge < -0.3 is 14.4 Å². The third-order valence-electron chi connectivity index (χ3n) is 7.20. The van der Waals surface area contributed by atoms with E-state index in [0.717, 1.165) is 32.1 Å². The zero-order valence-corrected chi connectivity index (χ0v) is 18.2. The van der Waals surface area contributed by atoms with E-state index in [1.165, 1.54) is 27.6 Å². The average molecular weight is 409 g/mol. The number of hydrogen-bond donors (Lipinski definition) is 1. The van der Waals surface area contributed by atoms with Gasteiger partial charge in [-0.15, -0.1) is 0 Å². The standard InChI is InChI=1S/C25H32N2O3/c1-15(2)27-14-16-12-23-21(20-5-4-6-22(27)24(16)20)11-17(13-26(23)3)25(29)30-19-9-7-18(28)8-10-19/h4-6,11,14-15,17-19,23,28H,7-10,12-13H2,1-3H3/t17-,18?,19?,23-/m1/s1. The molecule has 0 unspecified atom stereocenters. The van der Waals surface area contributed by atoms with E-state index in [1.807, 2.05) is 0 Å². The van der Waals surface area contributed by atoms with E-state index in [-0.39, 0.29) is 24.1 Å². The molecule has 0 radical (unpaired) electrons. The zero-order valence-electron chi connectivity index (χ0n) is 18.2. The van der Waals surface area contributed by atoms with Crippen molar-refractivity contribution < 1.29 is 14.6 Å². The van der Waals surface area contributed by atoms with Crippen LogP contribution in [-0.4, -0.2) is 52.4 Å². The Morgan fingerprint density at radius 1 is 1.20 bits per heavy atom. The number of aliphatic hydroxyl groups excluding tert-OH is 1. The van der Waals surface area contributed by atoms with Gasteiger partial charge in [0.15, 0.2) is 0 Å². The topological polar surface area (TPSA) is 54.7 Å². The molecule has 3 aliphatic rings. The molecule has 1 N–H and O–H groups in total. The number of nitrogens with zero attached hydrogens (tertiary/aromatic N) is 2. The van der Waals surface area contributed by atoms with Crippen LogP contribution in [0.5, 0.6) is 0 Å². The molecule has 160 valence electrons. The van der Waals surface area contributed by atoms with Crippen molar-refractivity contribution >= 4 is 22.4 Å². The summed E-state index contributed by atoms with van der Waals surface area (Å²) in [5, 5.41) is 11.0. The van der Waals surface area contributed by atoms with Gasteiger partial charge in [0, 0.05) is 35.7 Å². The molecule has 1 aromatic heterocycles. The van der Waals surface area contributed by atoms with Crippen LogP contribution < -0.4 is 0 Å². The van der Waals surface area contributed by atoms with E-state index in [2.05, 4.69) is 60.8 Å². The Morgan fingerprint density at radius 3 is 2.70 bits per heavy atom. The van der Waals surface area contributed by atoms with Crippen molar-refractivity contribution in [2.45, 2.75) is 70.2 Å². The number of ether oxygens (including phenoxy) is 1.